The van der Waals surface area contributed by atoms with Crippen LogP contribution in [-0.2, 0) is 6.54 Å². The van der Waals surface area contributed by atoms with Gasteiger partial charge in [-0.15, -0.1) is 0 Å². The Hall–Kier alpha value is -1.43. The van der Waals surface area contributed by atoms with E-state index in [1.54, 1.807) is 6.92 Å². The second kappa shape index (κ2) is 4.88. The van der Waals surface area contributed by atoms with E-state index < -0.39 is 18.9 Å². The van der Waals surface area contributed by atoms with E-state index in [-0.39, 0.29) is 12.3 Å². The van der Waals surface area contributed by atoms with Gasteiger partial charge in [0.15, 0.2) is 0 Å². The first kappa shape index (κ1) is 11.6. The molecule has 0 bridgehead atoms. The third kappa shape index (κ3) is 3.32. The number of rotatable bonds is 5. The molecule has 1 heterocycles. The van der Waals surface area contributed by atoms with Crippen molar-refractivity contribution in [3.05, 3.63) is 23.2 Å². The van der Waals surface area contributed by atoms with Crippen molar-refractivity contribution in [1.82, 2.24) is 5.32 Å². The number of hydrogen-bond acceptors (Lipinski definition) is 3. The van der Waals surface area contributed by atoms with Gasteiger partial charge in [-0.1, -0.05) is 0 Å². The van der Waals surface area contributed by atoms with E-state index in [1.807, 2.05) is 0 Å². The fourth-order valence-electron chi connectivity index (χ4n) is 1.15. The van der Waals surface area contributed by atoms with Crippen LogP contribution in [-0.4, -0.2) is 24.0 Å². The summed E-state index contributed by atoms with van der Waals surface area (Å²) >= 11 is 0. The van der Waals surface area contributed by atoms with Crippen molar-refractivity contribution < 1.29 is 23.1 Å². The Bertz CT molecular complexity index is 349. The molecule has 1 aromatic heterocycles. The number of hydrogen-bond donors (Lipinski definition) is 2. The molecule has 2 N–H and O–H groups in total. The van der Waals surface area contributed by atoms with Crippen LogP contribution in [0, 0.1) is 6.92 Å². The van der Waals surface area contributed by atoms with Gasteiger partial charge in [-0.25, -0.2) is 13.6 Å². The fraction of sp³-hybridized carbons (Fsp3) is 0.444. The van der Waals surface area contributed by atoms with Gasteiger partial charge >= 0.3 is 5.97 Å². The van der Waals surface area contributed by atoms with E-state index in [0.29, 0.717) is 11.3 Å². The Labute approximate surface area is 84.9 Å². The quantitative estimate of drug-likeness (QED) is 0.790. The van der Waals surface area contributed by atoms with E-state index in [1.165, 1.54) is 6.07 Å². The number of halogens is 2. The van der Waals surface area contributed by atoms with E-state index in [9.17, 15) is 13.6 Å². The maximum atomic E-state index is 11.8. The summed E-state index contributed by atoms with van der Waals surface area (Å²) in [5.41, 5.74) is 0.483. The Balaban J connectivity index is 2.56. The lowest BCUT2D eigenvalue weighted by Gasteiger charge is -2.00. The third-order valence-corrected chi connectivity index (χ3v) is 1.76. The maximum absolute atomic E-state index is 11.8. The second-order valence-electron chi connectivity index (χ2n) is 3.05. The summed E-state index contributed by atoms with van der Waals surface area (Å²) in [5.74, 6) is -0.970. The van der Waals surface area contributed by atoms with Crippen LogP contribution in [0.15, 0.2) is 10.5 Å². The van der Waals surface area contributed by atoms with Gasteiger partial charge in [-0.2, -0.15) is 0 Å². The first-order valence-electron chi connectivity index (χ1n) is 4.32. The summed E-state index contributed by atoms with van der Waals surface area (Å²) in [5, 5.41) is 11.1. The molecule has 84 valence electrons. The predicted octanol–water partition coefficient (Wildman–Crippen LogP) is 1.64. The Kier molecular flexibility index (Phi) is 3.79. The standard InChI is InChI=1S/C9H11F2NO3/c1-5-2-6(3-12-4-7(10)11)15-8(5)9(13)14/h2,7,12H,3-4H2,1H3,(H,13,14). The molecular formula is C9H11F2NO3. The molecule has 6 heteroatoms. The zero-order chi connectivity index (χ0) is 11.4. The zero-order valence-corrected chi connectivity index (χ0v) is 8.09. The lowest BCUT2D eigenvalue weighted by atomic mass is 10.2. The van der Waals surface area contributed by atoms with E-state index >= 15 is 0 Å². The number of carbonyl (C=O) groups is 1. The van der Waals surface area contributed by atoms with Crippen LogP contribution in [0.4, 0.5) is 8.78 Å². The minimum atomic E-state index is -2.43. The molecule has 4 nitrogen and oxygen atoms in total. The molecule has 0 aromatic carbocycles. The Morgan fingerprint density at radius 3 is 2.80 bits per heavy atom. The predicted molar refractivity (Wildman–Crippen MR) is 48.1 cm³/mol. The lowest BCUT2D eigenvalue weighted by Crippen LogP contribution is -2.20. The van der Waals surface area contributed by atoms with Crippen molar-refractivity contribution in [3.63, 3.8) is 0 Å². The van der Waals surface area contributed by atoms with E-state index in [4.69, 9.17) is 9.52 Å². The maximum Gasteiger partial charge on any atom is 0.372 e. The van der Waals surface area contributed by atoms with Crippen molar-refractivity contribution >= 4 is 5.97 Å². The number of alkyl halides is 2. The molecule has 0 aliphatic heterocycles. The molecule has 0 atom stereocenters. The van der Waals surface area contributed by atoms with Crippen molar-refractivity contribution in [2.45, 2.75) is 19.9 Å². The van der Waals surface area contributed by atoms with Crippen LogP contribution in [0.25, 0.3) is 0 Å². The average molecular weight is 219 g/mol. The molecule has 0 fully saturated rings. The Morgan fingerprint density at radius 2 is 2.33 bits per heavy atom. The summed E-state index contributed by atoms with van der Waals surface area (Å²) in [6.07, 6.45) is -2.43. The molecule has 15 heavy (non-hydrogen) atoms. The zero-order valence-electron chi connectivity index (χ0n) is 8.09. The van der Waals surface area contributed by atoms with Gasteiger partial charge in [0.2, 0.25) is 5.76 Å². The van der Waals surface area contributed by atoms with Crippen LogP contribution >= 0.6 is 0 Å². The number of aryl methyl sites for hydroxylation is 1. The van der Waals surface area contributed by atoms with Crippen LogP contribution in [0.2, 0.25) is 0 Å². The highest BCUT2D eigenvalue weighted by Crippen LogP contribution is 2.14. The van der Waals surface area contributed by atoms with Gasteiger partial charge in [-0.3, -0.25) is 0 Å². The molecular weight excluding hydrogens is 208 g/mol. The monoisotopic (exact) mass is 219 g/mol. The molecule has 0 aliphatic carbocycles. The summed E-state index contributed by atoms with van der Waals surface area (Å²) in [6.45, 7) is 1.24. The summed E-state index contributed by atoms with van der Waals surface area (Å²) in [6, 6.07) is 1.52. The summed E-state index contributed by atoms with van der Waals surface area (Å²) in [7, 11) is 0. The topological polar surface area (TPSA) is 62.5 Å². The molecule has 0 spiro atoms. The minimum Gasteiger partial charge on any atom is -0.475 e. The molecule has 1 aromatic rings. The Morgan fingerprint density at radius 1 is 1.67 bits per heavy atom. The largest absolute Gasteiger partial charge is 0.475 e. The van der Waals surface area contributed by atoms with Gasteiger partial charge < -0.3 is 14.8 Å². The highest BCUT2D eigenvalue weighted by atomic mass is 19.3. The SMILES string of the molecule is Cc1cc(CNCC(F)F)oc1C(=O)O. The molecule has 0 saturated carbocycles. The van der Waals surface area contributed by atoms with Crippen LogP contribution in [0.1, 0.15) is 21.9 Å². The molecule has 0 radical (unpaired) electrons. The van der Waals surface area contributed by atoms with Gasteiger partial charge in [0, 0.05) is 5.56 Å². The smallest absolute Gasteiger partial charge is 0.372 e. The molecule has 1 rings (SSSR count). The van der Waals surface area contributed by atoms with E-state index in [0.717, 1.165) is 0 Å². The minimum absolute atomic E-state index is 0.0957. The third-order valence-electron chi connectivity index (χ3n) is 1.76. The number of carboxylic acid groups (broad SMARTS) is 1. The first-order valence-corrected chi connectivity index (χ1v) is 4.32. The van der Waals surface area contributed by atoms with Crippen molar-refractivity contribution in [1.29, 1.82) is 0 Å². The van der Waals surface area contributed by atoms with Crippen molar-refractivity contribution in [3.8, 4) is 0 Å². The van der Waals surface area contributed by atoms with Crippen LogP contribution < -0.4 is 5.32 Å². The highest BCUT2D eigenvalue weighted by Gasteiger charge is 2.14. The normalized spacial score (nSPS) is 10.9. The fourth-order valence-corrected chi connectivity index (χ4v) is 1.15. The molecule has 0 saturated heterocycles. The lowest BCUT2D eigenvalue weighted by molar-refractivity contribution is 0.0658. The molecule has 0 amide bonds. The molecule has 0 aliphatic rings. The van der Waals surface area contributed by atoms with Gasteiger partial charge in [-0.05, 0) is 13.0 Å². The van der Waals surface area contributed by atoms with E-state index in [2.05, 4.69) is 5.32 Å². The number of furan rings is 1. The molecule has 0 unspecified atom stereocenters. The van der Waals surface area contributed by atoms with Crippen LogP contribution in [0.3, 0.4) is 0 Å². The summed E-state index contributed by atoms with van der Waals surface area (Å²) in [4.78, 5) is 10.6. The van der Waals surface area contributed by atoms with Crippen molar-refractivity contribution in [2.24, 2.45) is 0 Å². The van der Waals surface area contributed by atoms with Gasteiger partial charge in [0.05, 0.1) is 13.1 Å². The van der Waals surface area contributed by atoms with Gasteiger partial charge in [0.1, 0.15) is 5.76 Å². The van der Waals surface area contributed by atoms with Gasteiger partial charge in [0.25, 0.3) is 6.43 Å². The first-order chi connectivity index (χ1) is 7.00. The summed E-state index contributed by atoms with van der Waals surface area (Å²) < 4.78 is 28.5. The van der Waals surface area contributed by atoms with Crippen molar-refractivity contribution in [2.75, 3.05) is 6.54 Å². The average Bonchev–Trinajstić information content (AvgIpc) is 2.46. The number of carboxylic acids is 1. The second-order valence-corrected chi connectivity index (χ2v) is 3.05. The van der Waals surface area contributed by atoms with Crippen LogP contribution in [0.5, 0.6) is 0 Å². The number of aromatic carboxylic acids is 1. The number of nitrogens with one attached hydrogen (secondary N) is 1. The highest BCUT2D eigenvalue weighted by molar-refractivity contribution is 5.86.